The molecule has 0 aliphatic carbocycles. The Morgan fingerprint density at radius 3 is 2.84 bits per heavy atom. The van der Waals surface area contributed by atoms with Crippen LogP contribution in [0.5, 0.6) is 0 Å². The average Bonchev–Trinajstić information content (AvgIpc) is 3.09. The number of nitrogens with zero attached hydrogens (tertiary/aromatic N) is 4. The van der Waals surface area contributed by atoms with Crippen LogP contribution in [0.25, 0.3) is 11.7 Å². The summed E-state index contributed by atoms with van der Waals surface area (Å²) < 4.78 is 10.1. The van der Waals surface area contributed by atoms with Crippen LogP contribution in [0, 0.1) is 10.1 Å². The normalized spacial score (nSPS) is 16.0. The van der Waals surface area contributed by atoms with E-state index in [-0.39, 0.29) is 17.5 Å². The summed E-state index contributed by atoms with van der Waals surface area (Å²) in [5, 5.41) is 14.4. The van der Waals surface area contributed by atoms with Gasteiger partial charge in [0.25, 0.3) is 5.89 Å². The Balaban J connectivity index is 1.74. The third-order valence-corrected chi connectivity index (χ3v) is 3.01. The van der Waals surface area contributed by atoms with Gasteiger partial charge in [0, 0.05) is 0 Å². The first kappa shape index (κ1) is 11.8. The molecule has 1 aliphatic heterocycles. The molecule has 0 bridgehead atoms. The fourth-order valence-corrected chi connectivity index (χ4v) is 2.10. The lowest BCUT2D eigenvalue weighted by Crippen LogP contribution is -2.19. The van der Waals surface area contributed by atoms with E-state index in [9.17, 15) is 10.1 Å². The molecule has 1 fully saturated rings. The third-order valence-electron chi connectivity index (χ3n) is 3.01. The van der Waals surface area contributed by atoms with Crippen LogP contribution in [0.2, 0.25) is 0 Å². The zero-order valence-electron chi connectivity index (χ0n) is 10.1. The van der Waals surface area contributed by atoms with Crippen molar-refractivity contribution in [2.24, 2.45) is 0 Å². The van der Waals surface area contributed by atoms with Gasteiger partial charge in [-0.15, -0.1) is 0 Å². The summed E-state index contributed by atoms with van der Waals surface area (Å²) in [4.78, 5) is 16.3. The van der Waals surface area contributed by atoms with E-state index in [0.717, 1.165) is 13.1 Å². The van der Waals surface area contributed by atoms with Crippen molar-refractivity contribution >= 4 is 5.88 Å². The molecule has 100 valence electrons. The van der Waals surface area contributed by atoms with Crippen molar-refractivity contribution in [3.8, 4) is 11.7 Å². The highest BCUT2D eigenvalue weighted by atomic mass is 16.6. The smallest absolute Gasteiger partial charge is 0.395 e. The highest BCUT2D eigenvalue weighted by Crippen LogP contribution is 2.24. The quantitative estimate of drug-likeness (QED) is 0.613. The number of likely N-dealkylation sites (tertiary alicyclic amines) is 1. The molecular formula is C11H12N4O4. The molecule has 3 heterocycles. The number of hydrogen-bond acceptors (Lipinski definition) is 7. The summed E-state index contributed by atoms with van der Waals surface area (Å²) in [5.74, 6) is 0.611. The molecule has 0 spiro atoms. The highest BCUT2D eigenvalue weighted by molar-refractivity contribution is 5.46. The van der Waals surface area contributed by atoms with Crippen molar-refractivity contribution in [2.45, 2.75) is 19.4 Å². The molecule has 0 saturated carbocycles. The van der Waals surface area contributed by atoms with Crippen molar-refractivity contribution < 1.29 is 13.9 Å². The molecular weight excluding hydrogens is 252 g/mol. The van der Waals surface area contributed by atoms with Gasteiger partial charge >= 0.3 is 5.88 Å². The van der Waals surface area contributed by atoms with Crippen LogP contribution >= 0.6 is 0 Å². The third kappa shape index (κ3) is 2.48. The molecule has 1 saturated heterocycles. The topological polar surface area (TPSA) is 98.4 Å². The van der Waals surface area contributed by atoms with Gasteiger partial charge in [0.05, 0.1) is 12.6 Å². The molecule has 0 amide bonds. The predicted molar refractivity (Wildman–Crippen MR) is 63.2 cm³/mol. The van der Waals surface area contributed by atoms with E-state index in [4.69, 9.17) is 8.94 Å². The summed E-state index contributed by atoms with van der Waals surface area (Å²) in [6.07, 6.45) is 2.38. The lowest BCUT2D eigenvalue weighted by molar-refractivity contribution is -0.401. The second kappa shape index (κ2) is 4.81. The first-order chi connectivity index (χ1) is 9.22. The van der Waals surface area contributed by atoms with Gasteiger partial charge < -0.3 is 8.94 Å². The first-order valence-electron chi connectivity index (χ1n) is 6.02. The van der Waals surface area contributed by atoms with Gasteiger partial charge in [0.15, 0.2) is 11.6 Å². The Labute approximate surface area is 108 Å². The van der Waals surface area contributed by atoms with Crippen LogP contribution < -0.4 is 0 Å². The molecule has 2 aromatic rings. The van der Waals surface area contributed by atoms with Crippen molar-refractivity contribution in [3.63, 3.8) is 0 Å². The molecule has 19 heavy (non-hydrogen) atoms. The fourth-order valence-electron chi connectivity index (χ4n) is 2.10. The summed E-state index contributed by atoms with van der Waals surface area (Å²) in [6.45, 7) is 2.71. The molecule has 0 radical (unpaired) electrons. The minimum atomic E-state index is -0.606. The largest absolute Gasteiger partial charge is 0.433 e. The van der Waals surface area contributed by atoms with Crippen molar-refractivity contribution in [3.05, 3.63) is 28.1 Å². The molecule has 8 heteroatoms. The van der Waals surface area contributed by atoms with Crippen LogP contribution in [-0.4, -0.2) is 33.1 Å². The van der Waals surface area contributed by atoms with Crippen LogP contribution in [0.4, 0.5) is 5.88 Å². The summed E-state index contributed by atoms with van der Waals surface area (Å²) in [5.41, 5.74) is 0. The molecule has 1 aliphatic rings. The zero-order valence-corrected chi connectivity index (χ0v) is 10.1. The molecule has 0 atom stereocenters. The van der Waals surface area contributed by atoms with Gasteiger partial charge in [0.1, 0.15) is 4.92 Å². The number of rotatable bonds is 4. The Hall–Kier alpha value is -2.22. The Morgan fingerprint density at radius 1 is 1.37 bits per heavy atom. The van der Waals surface area contributed by atoms with E-state index < -0.39 is 4.92 Å². The van der Waals surface area contributed by atoms with E-state index in [1.807, 2.05) is 0 Å². The minimum Gasteiger partial charge on any atom is -0.395 e. The summed E-state index contributed by atoms with van der Waals surface area (Å²) in [6, 6.07) is 2.71. The lowest BCUT2D eigenvalue weighted by atomic mass is 10.4. The molecule has 3 rings (SSSR count). The minimum absolute atomic E-state index is 0.169. The Bertz CT molecular complexity index is 585. The second-order valence-corrected chi connectivity index (χ2v) is 4.39. The maximum atomic E-state index is 10.5. The Morgan fingerprint density at radius 2 is 2.16 bits per heavy atom. The van der Waals surface area contributed by atoms with Crippen LogP contribution in [0.15, 0.2) is 21.1 Å². The number of nitro groups is 1. The van der Waals surface area contributed by atoms with Crippen molar-refractivity contribution in [1.82, 2.24) is 15.0 Å². The summed E-state index contributed by atoms with van der Waals surface area (Å²) in [7, 11) is 0. The van der Waals surface area contributed by atoms with Gasteiger partial charge in [-0.25, -0.2) is 0 Å². The van der Waals surface area contributed by atoms with E-state index in [2.05, 4.69) is 15.0 Å². The van der Waals surface area contributed by atoms with Gasteiger partial charge in [-0.2, -0.15) is 4.98 Å². The molecule has 8 nitrogen and oxygen atoms in total. The van der Waals surface area contributed by atoms with Crippen molar-refractivity contribution in [2.75, 3.05) is 13.1 Å². The van der Waals surface area contributed by atoms with Gasteiger partial charge in [0.2, 0.25) is 0 Å². The average molecular weight is 264 g/mol. The van der Waals surface area contributed by atoms with E-state index in [1.165, 1.54) is 25.0 Å². The molecule has 0 unspecified atom stereocenters. The monoisotopic (exact) mass is 264 g/mol. The van der Waals surface area contributed by atoms with E-state index >= 15 is 0 Å². The summed E-state index contributed by atoms with van der Waals surface area (Å²) >= 11 is 0. The Kier molecular flexibility index (Phi) is 3.00. The van der Waals surface area contributed by atoms with Crippen molar-refractivity contribution in [1.29, 1.82) is 0 Å². The van der Waals surface area contributed by atoms with Crippen LogP contribution in [-0.2, 0) is 6.54 Å². The van der Waals surface area contributed by atoms with Crippen LogP contribution in [0.1, 0.15) is 18.7 Å². The maximum Gasteiger partial charge on any atom is 0.433 e. The van der Waals surface area contributed by atoms with E-state index in [0.29, 0.717) is 12.4 Å². The zero-order chi connectivity index (χ0) is 13.2. The first-order valence-corrected chi connectivity index (χ1v) is 6.02. The number of furan rings is 1. The van der Waals surface area contributed by atoms with Gasteiger partial charge in [-0.1, -0.05) is 5.16 Å². The SMILES string of the molecule is O=[N+]([O-])c1ccc(-c2nc(CN3CCCC3)no2)o1. The predicted octanol–water partition coefficient (Wildman–Crippen LogP) is 1.83. The second-order valence-electron chi connectivity index (χ2n) is 4.39. The van der Waals surface area contributed by atoms with Gasteiger partial charge in [-0.05, 0) is 32.0 Å². The molecule has 2 aromatic heterocycles. The maximum absolute atomic E-state index is 10.5. The lowest BCUT2D eigenvalue weighted by Gasteiger charge is -2.10. The molecule has 0 aromatic carbocycles. The number of aromatic nitrogens is 2. The van der Waals surface area contributed by atoms with Gasteiger partial charge in [-0.3, -0.25) is 15.0 Å². The highest BCUT2D eigenvalue weighted by Gasteiger charge is 2.19. The molecule has 0 N–H and O–H groups in total. The fraction of sp³-hybridized carbons (Fsp3) is 0.455. The van der Waals surface area contributed by atoms with Crippen LogP contribution in [0.3, 0.4) is 0 Å². The standard InChI is InChI=1S/C11H12N4O4/c16-15(17)10-4-3-8(18-10)11-12-9(13-19-11)7-14-5-1-2-6-14/h3-4H,1-2,5-7H2. The number of hydrogen-bond donors (Lipinski definition) is 0. The van der Waals surface area contributed by atoms with E-state index in [1.54, 1.807) is 0 Å².